The van der Waals surface area contributed by atoms with E-state index in [1.165, 1.54) is 52.7 Å². The Morgan fingerprint density at radius 3 is 1.46 bits per heavy atom. The number of alkyl halides is 6. The summed E-state index contributed by atoms with van der Waals surface area (Å²) in [7, 11) is 0. The highest BCUT2D eigenvalue weighted by Gasteiger charge is 2.34. The van der Waals surface area contributed by atoms with Gasteiger partial charge in [-0.05, 0) is 92.6 Å². The first kappa shape index (κ1) is 46.3. The molecule has 3 heterocycles. The van der Waals surface area contributed by atoms with Crippen molar-refractivity contribution in [3.63, 3.8) is 0 Å². The van der Waals surface area contributed by atoms with Crippen molar-refractivity contribution in [2.45, 2.75) is 38.5 Å². The zero-order chi connectivity index (χ0) is 45.6. The Morgan fingerprint density at radius 2 is 1.10 bits per heavy atom. The highest BCUT2D eigenvalue weighted by atomic mass is 35.5. The summed E-state index contributed by atoms with van der Waals surface area (Å²) in [6.07, 6.45) is -7.88. The van der Waals surface area contributed by atoms with Gasteiger partial charge in [0.15, 0.2) is 16.0 Å². The van der Waals surface area contributed by atoms with Crippen LogP contribution in [0, 0.1) is 0 Å². The minimum Gasteiger partial charge on any atom is -0.476 e. The van der Waals surface area contributed by atoms with Gasteiger partial charge in [-0.1, -0.05) is 47.5 Å². The van der Waals surface area contributed by atoms with Gasteiger partial charge in [-0.25, -0.2) is 14.8 Å². The van der Waals surface area contributed by atoms with Crippen molar-refractivity contribution < 1.29 is 60.1 Å². The summed E-state index contributed by atoms with van der Waals surface area (Å²) < 4.78 is 82.5. The van der Waals surface area contributed by atoms with Crippen LogP contribution in [0.25, 0.3) is 0 Å². The van der Waals surface area contributed by atoms with E-state index in [2.05, 4.69) is 19.4 Å². The molecule has 63 heavy (non-hydrogen) atoms. The number of rotatable bonds is 10. The number of aromatic nitrogens is 2. The SMILES string of the molecule is CC1CCCN1C(=O)c1csc(N(C(=O)c2ccccc2Cl)c2ccc(OC(F)(F)F)cc2)n1.O=C(O)c1csc(N(C(=O)c2ccccc2Cl)c2ccc(OC(F)(F)F)cc2)n1. The van der Waals surface area contributed by atoms with Crippen molar-refractivity contribution >= 4 is 91.2 Å². The van der Waals surface area contributed by atoms with Gasteiger partial charge >= 0.3 is 18.7 Å². The molecule has 328 valence electrons. The molecule has 2 aromatic heterocycles. The van der Waals surface area contributed by atoms with Gasteiger partial charge in [-0.3, -0.25) is 24.2 Å². The van der Waals surface area contributed by atoms with E-state index < -0.39 is 42.0 Å². The number of amides is 3. The molecular weight excluding hydrogens is 924 g/mol. The molecule has 0 aliphatic carbocycles. The zero-order valence-corrected chi connectivity index (χ0v) is 35.2. The van der Waals surface area contributed by atoms with Gasteiger partial charge in [0.05, 0.1) is 32.5 Å². The average molecular weight is 953 g/mol. The van der Waals surface area contributed by atoms with Crippen molar-refractivity contribution in [1.82, 2.24) is 14.9 Å². The lowest BCUT2D eigenvalue weighted by atomic mass is 10.2. The Hall–Kier alpha value is -6.22. The van der Waals surface area contributed by atoms with E-state index >= 15 is 0 Å². The van der Waals surface area contributed by atoms with Gasteiger partial charge in [0.25, 0.3) is 17.7 Å². The molecule has 1 atom stereocenters. The Labute approximate surface area is 371 Å². The molecule has 22 heteroatoms. The van der Waals surface area contributed by atoms with Crippen molar-refractivity contribution in [1.29, 1.82) is 0 Å². The van der Waals surface area contributed by atoms with Crippen molar-refractivity contribution in [3.8, 4) is 11.5 Å². The highest BCUT2D eigenvalue weighted by Crippen LogP contribution is 2.36. The highest BCUT2D eigenvalue weighted by molar-refractivity contribution is 7.14. The summed E-state index contributed by atoms with van der Waals surface area (Å²) in [6.45, 7) is 2.60. The number of likely N-dealkylation sites (tertiary alicyclic amines) is 1. The lowest BCUT2D eigenvalue weighted by Crippen LogP contribution is -2.34. The summed E-state index contributed by atoms with van der Waals surface area (Å²) in [6, 6.07) is 22.0. The number of carbonyl (C=O) groups is 4. The molecule has 4 aromatic carbocycles. The maximum atomic E-state index is 13.5. The maximum Gasteiger partial charge on any atom is 0.573 e. The summed E-state index contributed by atoms with van der Waals surface area (Å²) in [5, 5.41) is 12.4. The monoisotopic (exact) mass is 951 g/mol. The second-order valence-electron chi connectivity index (χ2n) is 13.1. The number of carboxylic acid groups (broad SMARTS) is 1. The number of ether oxygens (including phenoxy) is 2. The van der Waals surface area contributed by atoms with E-state index in [9.17, 15) is 45.5 Å². The van der Waals surface area contributed by atoms with Crippen molar-refractivity contribution in [3.05, 3.63) is 140 Å². The number of benzene rings is 4. The van der Waals surface area contributed by atoms with E-state index in [0.29, 0.717) is 6.54 Å². The number of halogens is 8. The van der Waals surface area contributed by atoms with Crippen LogP contribution in [0.3, 0.4) is 0 Å². The second-order valence-corrected chi connectivity index (χ2v) is 15.6. The third-order valence-electron chi connectivity index (χ3n) is 8.89. The van der Waals surface area contributed by atoms with Crippen molar-refractivity contribution in [2.75, 3.05) is 16.3 Å². The second kappa shape index (κ2) is 19.4. The molecule has 1 unspecified atom stereocenters. The van der Waals surface area contributed by atoms with Gasteiger partial charge in [0.2, 0.25) is 0 Å². The first-order valence-corrected chi connectivity index (χ1v) is 20.7. The van der Waals surface area contributed by atoms with Crippen LogP contribution in [-0.4, -0.2) is 69.0 Å². The molecule has 7 rings (SSSR count). The van der Waals surface area contributed by atoms with Gasteiger partial charge in [0, 0.05) is 23.3 Å². The molecule has 1 aliphatic rings. The van der Waals surface area contributed by atoms with Gasteiger partial charge in [-0.15, -0.1) is 49.0 Å². The molecule has 6 aromatic rings. The Bertz CT molecular complexity index is 2610. The van der Waals surface area contributed by atoms with Gasteiger partial charge in [0.1, 0.15) is 17.2 Å². The summed E-state index contributed by atoms with van der Waals surface area (Å²) in [5.74, 6) is -3.60. The van der Waals surface area contributed by atoms with Crippen LogP contribution in [0.2, 0.25) is 10.0 Å². The number of hydrogen-bond donors (Lipinski definition) is 1. The maximum absolute atomic E-state index is 13.5. The van der Waals surface area contributed by atoms with Crippen LogP contribution in [-0.2, 0) is 0 Å². The van der Waals surface area contributed by atoms with Crippen molar-refractivity contribution in [2.24, 2.45) is 0 Å². The number of nitrogens with zero attached hydrogens (tertiary/aromatic N) is 5. The quantitative estimate of drug-likeness (QED) is 0.133. The fourth-order valence-electron chi connectivity index (χ4n) is 6.05. The Balaban J connectivity index is 0.000000213. The van der Waals surface area contributed by atoms with E-state index in [-0.39, 0.29) is 66.1 Å². The molecule has 1 fully saturated rings. The molecule has 0 radical (unpaired) electrons. The van der Waals surface area contributed by atoms with E-state index in [1.54, 1.807) is 40.6 Å². The molecule has 1 saturated heterocycles. The smallest absolute Gasteiger partial charge is 0.476 e. The zero-order valence-electron chi connectivity index (χ0n) is 32.1. The number of carboxylic acids is 1. The largest absolute Gasteiger partial charge is 0.573 e. The molecule has 1 aliphatic heterocycles. The normalized spacial score (nSPS) is 13.7. The van der Waals surface area contributed by atoms with Crippen LogP contribution in [0.5, 0.6) is 11.5 Å². The first-order chi connectivity index (χ1) is 29.8. The van der Waals surface area contributed by atoms with Crippen LogP contribution < -0.4 is 19.3 Å². The number of hydrogen-bond acceptors (Lipinski definition) is 10. The van der Waals surface area contributed by atoms with E-state index in [1.807, 2.05) is 6.92 Å². The lowest BCUT2D eigenvalue weighted by molar-refractivity contribution is -0.275. The molecule has 12 nitrogen and oxygen atoms in total. The third kappa shape index (κ3) is 11.6. The number of carbonyl (C=O) groups excluding carboxylic acids is 3. The van der Waals surface area contributed by atoms with E-state index in [4.69, 9.17) is 28.3 Å². The van der Waals surface area contributed by atoms with Gasteiger partial charge < -0.3 is 19.5 Å². The van der Waals surface area contributed by atoms with Crippen LogP contribution >= 0.6 is 45.9 Å². The summed E-state index contributed by atoms with van der Waals surface area (Å²) >= 11 is 14.3. The number of thiazole rings is 2. The minimum atomic E-state index is -4.86. The average Bonchev–Trinajstić information content (AvgIpc) is 4.01. The van der Waals surface area contributed by atoms with E-state index in [0.717, 1.165) is 64.7 Å². The van der Waals surface area contributed by atoms with Crippen LogP contribution in [0.15, 0.2) is 108 Å². The molecule has 0 bridgehead atoms. The third-order valence-corrected chi connectivity index (χ3v) is 11.2. The predicted octanol–water partition coefficient (Wildman–Crippen LogP) is 11.7. The van der Waals surface area contributed by atoms with Crippen LogP contribution in [0.4, 0.5) is 48.0 Å². The first-order valence-electron chi connectivity index (χ1n) is 18.1. The molecule has 0 spiro atoms. The molecule has 3 amide bonds. The Kier molecular flexibility index (Phi) is 14.3. The molecular formula is C41H29Cl2F6N5O7S2. The topological polar surface area (TPSA) is 142 Å². The lowest BCUT2D eigenvalue weighted by Gasteiger charge is -2.22. The fourth-order valence-corrected chi connectivity index (χ4v) is 8.11. The predicted molar refractivity (Wildman–Crippen MR) is 223 cm³/mol. The van der Waals surface area contributed by atoms with Gasteiger partial charge in [-0.2, -0.15) is 0 Å². The summed E-state index contributed by atoms with van der Waals surface area (Å²) in [5.41, 5.74) is 0.590. The number of anilines is 4. The summed E-state index contributed by atoms with van der Waals surface area (Å²) in [4.78, 5) is 63.0. The molecule has 0 saturated carbocycles. The Morgan fingerprint density at radius 1 is 0.683 bits per heavy atom. The molecule has 1 N–H and O–H groups in total. The van der Waals surface area contributed by atoms with Crippen LogP contribution in [0.1, 0.15) is 61.5 Å². The fraction of sp³-hybridized carbons (Fsp3) is 0.171. The minimum absolute atomic E-state index is 0.0109. The standard InChI is InChI=1S/C23H19ClF3N3O3S.C18H10ClF3N2O4S/c1-14-5-4-12-29(14)21(32)19-13-34-22(28-19)30(20(31)17-6-2-3-7-18(17)24)15-8-10-16(11-9-15)33-23(25,26)27;19-13-4-2-1-3-12(13)15(25)24(17-23-14(9-29-17)16(26)27)10-5-7-11(8-6-10)28-18(20,21)22/h2-3,6-11,13-14H,4-5,12H2,1H3;1-9H,(H,26,27). The number of aromatic carboxylic acids is 1.